The molecule has 0 aliphatic carbocycles. The third-order valence-electron chi connectivity index (χ3n) is 3.86. The summed E-state index contributed by atoms with van der Waals surface area (Å²) in [5.74, 6) is -0.939. The second-order valence-corrected chi connectivity index (χ2v) is 5.64. The summed E-state index contributed by atoms with van der Waals surface area (Å²) >= 11 is 0. The predicted octanol–water partition coefficient (Wildman–Crippen LogP) is 4.15. The first-order chi connectivity index (χ1) is 12.5. The van der Waals surface area contributed by atoms with E-state index in [1.54, 1.807) is 26.8 Å². The van der Waals surface area contributed by atoms with E-state index in [1.165, 1.54) is 6.08 Å². The zero-order chi connectivity index (χ0) is 19.1. The van der Waals surface area contributed by atoms with Gasteiger partial charge in [0.15, 0.2) is 0 Å². The summed E-state index contributed by atoms with van der Waals surface area (Å²) in [4.78, 5) is 27.6. The van der Waals surface area contributed by atoms with Crippen LogP contribution in [0, 0.1) is 25.2 Å². The highest BCUT2D eigenvalue weighted by atomic mass is 16.5. The summed E-state index contributed by atoms with van der Waals surface area (Å²) in [6.07, 6.45) is 4.93. The smallest absolute Gasteiger partial charge is 0.340 e. The van der Waals surface area contributed by atoms with E-state index in [2.05, 4.69) is 4.98 Å². The van der Waals surface area contributed by atoms with Crippen LogP contribution in [0.1, 0.15) is 44.6 Å². The lowest BCUT2D eigenvalue weighted by Crippen LogP contribution is -2.08. The Balaban J connectivity index is 2.30. The molecule has 1 heterocycles. The summed E-state index contributed by atoms with van der Waals surface area (Å²) in [6, 6.07) is 11.5. The third kappa shape index (κ3) is 4.17. The highest BCUT2D eigenvalue weighted by molar-refractivity contribution is 6.12. The van der Waals surface area contributed by atoms with Crippen molar-refractivity contribution in [2.45, 2.75) is 20.8 Å². The molecule has 132 valence electrons. The number of rotatable bonds is 6. The molecule has 0 amide bonds. The minimum absolute atomic E-state index is 0.0167. The maximum atomic E-state index is 12.7. The standard InChI is InChI=1S/C21H20N2O3/c1-4-26-21(25)18-14(2)19(23-15(18)3)20(24)17(13-22)12-8-11-16-9-6-5-7-10-16/h5-12,23H,4H2,1-3H3/b11-8+,17-12+. The van der Waals surface area contributed by atoms with Crippen molar-refractivity contribution in [1.29, 1.82) is 5.26 Å². The highest BCUT2D eigenvalue weighted by Gasteiger charge is 2.24. The average Bonchev–Trinajstić information content (AvgIpc) is 2.93. The van der Waals surface area contributed by atoms with Gasteiger partial charge in [-0.2, -0.15) is 5.26 Å². The summed E-state index contributed by atoms with van der Waals surface area (Å²) in [6.45, 7) is 5.33. The predicted molar refractivity (Wildman–Crippen MR) is 99.7 cm³/mol. The normalized spacial score (nSPS) is 11.4. The molecular weight excluding hydrogens is 328 g/mol. The van der Waals surface area contributed by atoms with Gasteiger partial charge in [0.1, 0.15) is 11.6 Å². The molecular formula is C21H20N2O3. The second-order valence-electron chi connectivity index (χ2n) is 5.64. The van der Waals surface area contributed by atoms with Crippen LogP contribution in [-0.2, 0) is 4.74 Å². The van der Waals surface area contributed by atoms with Crippen LogP contribution >= 0.6 is 0 Å². The number of nitriles is 1. The number of allylic oxidation sites excluding steroid dienone is 3. The van der Waals surface area contributed by atoms with Crippen LogP contribution in [0.25, 0.3) is 6.08 Å². The number of aryl methyl sites for hydroxylation is 1. The van der Waals surface area contributed by atoms with Crippen LogP contribution < -0.4 is 0 Å². The molecule has 0 bridgehead atoms. The number of esters is 1. The molecule has 0 unspecified atom stereocenters. The summed E-state index contributed by atoms with van der Waals surface area (Å²) in [5.41, 5.74) is 2.54. The molecule has 0 fully saturated rings. The van der Waals surface area contributed by atoms with Crippen LogP contribution in [0.2, 0.25) is 0 Å². The number of carbonyl (C=O) groups is 2. The minimum Gasteiger partial charge on any atom is -0.462 e. The highest BCUT2D eigenvalue weighted by Crippen LogP contribution is 2.21. The Hall–Kier alpha value is -3.39. The number of hydrogen-bond donors (Lipinski definition) is 1. The van der Waals surface area contributed by atoms with Crippen molar-refractivity contribution < 1.29 is 14.3 Å². The van der Waals surface area contributed by atoms with Gasteiger partial charge in [-0.1, -0.05) is 42.5 Å². The van der Waals surface area contributed by atoms with E-state index >= 15 is 0 Å². The van der Waals surface area contributed by atoms with Crippen LogP contribution in [0.4, 0.5) is 0 Å². The molecule has 5 nitrogen and oxygen atoms in total. The fourth-order valence-electron chi connectivity index (χ4n) is 2.60. The first-order valence-electron chi connectivity index (χ1n) is 8.24. The summed E-state index contributed by atoms with van der Waals surface area (Å²) < 4.78 is 5.02. The Morgan fingerprint density at radius 1 is 1.23 bits per heavy atom. The average molecular weight is 348 g/mol. The van der Waals surface area contributed by atoms with Crippen molar-refractivity contribution in [2.24, 2.45) is 0 Å². The Morgan fingerprint density at radius 3 is 2.54 bits per heavy atom. The number of Topliss-reactive ketones (excluding diaryl/α,β-unsaturated/α-hetero) is 1. The number of benzene rings is 1. The van der Waals surface area contributed by atoms with Crippen molar-refractivity contribution in [3.63, 3.8) is 0 Å². The van der Waals surface area contributed by atoms with Crippen molar-refractivity contribution in [3.05, 3.63) is 76.1 Å². The number of ether oxygens (including phenoxy) is 1. The number of aromatic nitrogens is 1. The van der Waals surface area contributed by atoms with E-state index in [1.807, 2.05) is 42.5 Å². The zero-order valence-corrected chi connectivity index (χ0v) is 15.0. The fraction of sp³-hybridized carbons (Fsp3) is 0.190. The number of nitrogens with one attached hydrogen (secondary N) is 1. The van der Waals surface area contributed by atoms with Gasteiger partial charge in [-0.05, 0) is 38.0 Å². The van der Waals surface area contributed by atoms with Gasteiger partial charge in [-0.3, -0.25) is 4.79 Å². The lowest BCUT2D eigenvalue weighted by atomic mass is 10.0. The molecule has 5 heteroatoms. The number of aromatic amines is 1. The van der Waals surface area contributed by atoms with E-state index in [9.17, 15) is 14.9 Å². The Bertz CT molecular complexity index is 913. The van der Waals surface area contributed by atoms with E-state index in [0.29, 0.717) is 16.8 Å². The SMILES string of the molecule is CCOC(=O)c1c(C)[nH]c(C(=O)/C(C#N)=C/C=C/c2ccccc2)c1C. The molecule has 26 heavy (non-hydrogen) atoms. The molecule has 2 aromatic rings. The number of carbonyl (C=O) groups excluding carboxylic acids is 2. The number of hydrogen-bond acceptors (Lipinski definition) is 4. The molecule has 0 aliphatic rings. The molecule has 0 saturated carbocycles. The molecule has 0 spiro atoms. The van der Waals surface area contributed by atoms with E-state index < -0.39 is 11.8 Å². The zero-order valence-electron chi connectivity index (χ0n) is 15.0. The van der Waals surface area contributed by atoms with Gasteiger partial charge in [0, 0.05) is 5.69 Å². The number of ketones is 1. The van der Waals surface area contributed by atoms with Crippen LogP contribution in [0.3, 0.4) is 0 Å². The van der Waals surface area contributed by atoms with Crippen LogP contribution in [0.15, 0.2) is 48.1 Å². The van der Waals surface area contributed by atoms with Gasteiger partial charge >= 0.3 is 5.97 Å². The third-order valence-corrected chi connectivity index (χ3v) is 3.86. The van der Waals surface area contributed by atoms with Gasteiger partial charge in [-0.15, -0.1) is 0 Å². The van der Waals surface area contributed by atoms with E-state index in [4.69, 9.17) is 4.74 Å². The quantitative estimate of drug-likeness (QED) is 0.279. The topological polar surface area (TPSA) is 83.0 Å². The van der Waals surface area contributed by atoms with Crippen molar-refractivity contribution in [3.8, 4) is 6.07 Å². The maximum absolute atomic E-state index is 12.7. The van der Waals surface area contributed by atoms with Crippen molar-refractivity contribution in [2.75, 3.05) is 6.61 Å². The van der Waals surface area contributed by atoms with E-state index in [-0.39, 0.29) is 17.9 Å². The molecule has 1 aromatic heterocycles. The van der Waals surface area contributed by atoms with Crippen LogP contribution in [0.5, 0.6) is 0 Å². The van der Waals surface area contributed by atoms with E-state index in [0.717, 1.165) is 5.56 Å². The Labute approximate surface area is 152 Å². The number of nitrogens with zero attached hydrogens (tertiary/aromatic N) is 1. The monoisotopic (exact) mass is 348 g/mol. The Morgan fingerprint density at radius 2 is 1.92 bits per heavy atom. The minimum atomic E-state index is -0.482. The van der Waals surface area contributed by atoms with Crippen LogP contribution in [-0.4, -0.2) is 23.3 Å². The van der Waals surface area contributed by atoms with Crippen molar-refractivity contribution in [1.82, 2.24) is 4.98 Å². The molecule has 0 atom stereocenters. The first-order valence-corrected chi connectivity index (χ1v) is 8.24. The maximum Gasteiger partial charge on any atom is 0.340 e. The van der Waals surface area contributed by atoms with Gasteiger partial charge in [0.05, 0.1) is 17.9 Å². The lowest BCUT2D eigenvalue weighted by Gasteiger charge is -2.02. The fourth-order valence-corrected chi connectivity index (χ4v) is 2.60. The first kappa shape index (κ1) is 18.9. The van der Waals surface area contributed by atoms with Gasteiger partial charge in [-0.25, -0.2) is 4.79 Å². The molecule has 0 aliphatic heterocycles. The van der Waals surface area contributed by atoms with Gasteiger partial charge in [0.2, 0.25) is 5.78 Å². The lowest BCUT2D eigenvalue weighted by molar-refractivity contribution is 0.0525. The Kier molecular flexibility index (Phi) is 6.29. The number of H-pyrrole nitrogens is 1. The van der Waals surface area contributed by atoms with Gasteiger partial charge in [0.25, 0.3) is 0 Å². The molecule has 2 rings (SSSR count). The summed E-state index contributed by atoms with van der Waals surface area (Å²) in [5, 5.41) is 9.34. The van der Waals surface area contributed by atoms with Gasteiger partial charge < -0.3 is 9.72 Å². The second kappa shape index (κ2) is 8.63. The molecule has 1 aromatic carbocycles. The largest absolute Gasteiger partial charge is 0.462 e. The molecule has 0 radical (unpaired) electrons. The van der Waals surface area contributed by atoms with Crippen molar-refractivity contribution >= 4 is 17.8 Å². The molecule has 1 N–H and O–H groups in total. The molecule has 0 saturated heterocycles. The summed E-state index contributed by atoms with van der Waals surface area (Å²) in [7, 11) is 0.